The van der Waals surface area contributed by atoms with Crippen LogP contribution in [0.5, 0.6) is 11.5 Å². The van der Waals surface area contributed by atoms with Crippen molar-refractivity contribution in [1.82, 2.24) is 9.97 Å². The van der Waals surface area contributed by atoms with Crippen molar-refractivity contribution in [2.45, 2.75) is 6.92 Å². The number of ether oxygens (including phenoxy) is 1. The number of methoxy groups -OCH3 is 1. The van der Waals surface area contributed by atoms with Crippen LogP contribution in [0.3, 0.4) is 0 Å². The van der Waals surface area contributed by atoms with Gasteiger partial charge in [-0.3, -0.25) is 4.79 Å². The van der Waals surface area contributed by atoms with E-state index in [4.69, 9.17) is 16.3 Å². The third-order valence-electron chi connectivity index (χ3n) is 4.53. The number of aromatic nitrogens is 2. The first-order chi connectivity index (χ1) is 14.0. The van der Waals surface area contributed by atoms with Crippen LogP contribution >= 0.6 is 22.9 Å². The molecule has 2 N–H and O–H groups in total. The second-order valence-corrected chi connectivity index (χ2v) is 7.80. The Labute approximate surface area is 175 Å². The number of phenols is 1. The fraction of sp³-hybridized carbons (Fsp3) is 0.0909. The van der Waals surface area contributed by atoms with Gasteiger partial charge in [-0.1, -0.05) is 47.5 Å². The van der Waals surface area contributed by atoms with Gasteiger partial charge in [0.2, 0.25) is 0 Å². The summed E-state index contributed by atoms with van der Waals surface area (Å²) in [6, 6.07) is 12.9. The van der Waals surface area contributed by atoms with Crippen LogP contribution in [0.25, 0.3) is 32.5 Å². The Morgan fingerprint density at radius 3 is 2.69 bits per heavy atom. The number of rotatable bonds is 4. The van der Waals surface area contributed by atoms with Crippen molar-refractivity contribution in [3.05, 3.63) is 75.1 Å². The molecule has 0 spiro atoms. The molecule has 0 bridgehead atoms. The van der Waals surface area contributed by atoms with Gasteiger partial charge in [-0.25, -0.2) is 4.98 Å². The average Bonchev–Trinajstić information content (AvgIpc) is 3.13. The molecule has 0 fully saturated rings. The lowest BCUT2D eigenvalue weighted by Gasteiger charge is -2.05. The number of aryl methyl sites for hydroxylation is 1. The van der Waals surface area contributed by atoms with E-state index in [-0.39, 0.29) is 22.2 Å². The van der Waals surface area contributed by atoms with Gasteiger partial charge < -0.3 is 14.8 Å². The number of benzene rings is 2. The highest BCUT2D eigenvalue weighted by Crippen LogP contribution is 2.32. The predicted molar refractivity (Wildman–Crippen MR) is 119 cm³/mol. The zero-order chi connectivity index (χ0) is 20.5. The normalized spacial score (nSPS) is 11.8. The number of nitrogens with zero attached hydrogens (tertiary/aromatic N) is 1. The van der Waals surface area contributed by atoms with Crippen LogP contribution in [0.2, 0.25) is 0 Å². The molecule has 2 heterocycles. The lowest BCUT2D eigenvalue weighted by atomic mass is 10.1. The minimum atomic E-state index is -0.244. The number of fused-ring (bicyclic) bond motifs is 1. The molecule has 0 aliphatic heterocycles. The lowest BCUT2D eigenvalue weighted by Crippen LogP contribution is -2.10. The fourth-order valence-electron chi connectivity index (χ4n) is 3.02. The van der Waals surface area contributed by atoms with E-state index in [2.05, 4.69) is 9.97 Å². The first-order valence-electron chi connectivity index (χ1n) is 8.79. The second-order valence-electron chi connectivity index (χ2n) is 6.53. The number of hydrogen-bond donors (Lipinski definition) is 2. The van der Waals surface area contributed by atoms with E-state index >= 15 is 0 Å². The maximum Gasteiger partial charge on any atom is 0.260 e. The lowest BCUT2D eigenvalue weighted by molar-refractivity contribution is 0.373. The highest BCUT2D eigenvalue weighted by Gasteiger charge is 2.14. The number of H-pyrrole nitrogens is 1. The van der Waals surface area contributed by atoms with E-state index < -0.39 is 0 Å². The number of aromatic hydroxyl groups is 1. The van der Waals surface area contributed by atoms with Gasteiger partial charge in [-0.2, -0.15) is 0 Å². The molecular weight excluding hydrogens is 408 g/mol. The van der Waals surface area contributed by atoms with Crippen LogP contribution in [0, 0.1) is 6.92 Å². The van der Waals surface area contributed by atoms with Gasteiger partial charge in [0.15, 0.2) is 17.3 Å². The summed E-state index contributed by atoms with van der Waals surface area (Å²) in [6.07, 6.45) is 1.62. The Hall–Kier alpha value is -3.09. The Bertz CT molecular complexity index is 1290. The van der Waals surface area contributed by atoms with Crippen molar-refractivity contribution in [3.8, 4) is 22.6 Å². The molecule has 0 saturated heterocycles. The topological polar surface area (TPSA) is 75.2 Å². The number of phenolic OH excluding ortho intramolecular Hbond substituents is 1. The molecule has 0 saturated carbocycles. The summed E-state index contributed by atoms with van der Waals surface area (Å²) in [6.45, 7) is 2.02. The molecule has 0 unspecified atom stereocenters. The van der Waals surface area contributed by atoms with Crippen molar-refractivity contribution in [1.29, 1.82) is 0 Å². The van der Waals surface area contributed by atoms with Gasteiger partial charge in [-0.15, -0.1) is 11.3 Å². The summed E-state index contributed by atoms with van der Waals surface area (Å²) < 4.78 is 5.04. The number of aromatic amines is 1. The van der Waals surface area contributed by atoms with Gasteiger partial charge in [0.1, 0.15) is 4.83 Å². The number of thiophene rings is 1. The molecule has 2 aromatic carbocycles. The summed E-state index contributed by atoms with van der Waals surface area (Å²) in [5.41, 5.74) is 3.39. The molecule has 0 aliphatic rings. The van der Waals surface area contributed by atoms with Crippen molar-refractivity contribution < 1.29 is 9.84 Å². The Morgan fingerprint density at radius 1 is 1.24 bits per heavy atom. The molecule has 0 radical (unpaired) electrons. The maximum absolute atomic E-state index is 12.8. The Morgan fingerprint density at radius 2 is 2.00 bits per heavy atom. The van der Waals surface area contributed by atoms with Crippen LogP contribution in [0.1, 0.15) is 17.0 Å². The van der Waals surface area contributed by atoms with Gasteiger partial charge >= 0.3 is 0 Å². The quantitative estimate of drug-likeness (QED) is 0.459. The zero-order valence-electron chi connectivity index (χ0n) is 15.7. The van der Waals surface area contributed by atoms with E-state index in [9.17, 15) is 9.90 Å². The summed E-state index contributed by atoms with van der Waals surface area (Å²) in [5.74, 6) is 0.647. The highest BCUT2D eigenvalue weighted by atomic mass is 35.5. The molecule has 0 amide bonds. The first kappa shape index (κ1) is 19.2. The van der Waals surface area contributed by atoms with Gasteiger partial charge in [-0.05, 0) is 36.3 Å². The van der Waals surface area contributed by atoms with Gasteiger partial charge in [0.05, 0.1) is 17.5 Å². The summed E-state index contributed by atoms with van der Waals surface area (Å²) in [5, 5.41) is 12.7. The van der Waals surface area contributed by atoms with Crippen LogP contribution in [0.4, 0.5) is 0 Å². The largest absolute Gasteiger partial charge is 0.504 e. The van der Waals surface area contributed by atoms with Crippen LogP contribution in [0.15, 0.2) is 52.6 Å². The molecule has 5 nitrogen and oxygen atoms in total. The molecule has 2 aromatic heterocycles. The summed E-state index contributed by atoms with van der Waals surface area (Å²) >= 11 is 7.80. The smallest absolute Gasteiger partial charge is 0.260 e. The van der Waals surface area contributed by atoms with E-state index in [1.807, 2.05) is 36.6 Å². The second kappa shape index (κ2) is 7.73. The van der Waals surface area contributed by atoms with Crippen LogP contribution < -0.4 is 10.3 Å². The van der Waals surface area contributed by atoms with E-state index in [0.717, 1.165) is 16.7 Å². The van der Waals surface area contributed by atoms with Crippen molar-refractivity contribution in [3.63, 3.8) is 0 Å². The SMILES string of the molecule is COc1ccc(C=C(Cl)c2nc3scc(-c4ccc(C)cc4)c3c(=O)[nH]2)cc1O. The van der Waals surface area contributed by atoms with Crippen LogP contribution in [-0.2, 0) is 0 Å². The molecule has 0 aliphatic carbocycles. The van der Waals surface area contributed by atoms with Crippen molar-refractivity contribution in [2.24, 2.45) is 0 Å². The van der Waals surface area contributed by atoms with E-state index in [1.165, 1.54) is 24.5 Å². The fourth-order valence-corrected chi connectivity index (χ4v) is 4.18. The third kappa shape index (κ3) is 3.77. The minimum Gasteiger partial charge on any atom is -0.504 e. The van der Waals surface area contributed by atoms with Crippen molar-refractivity contribution in [2.75, 3.05) is 7.11 Å². The Balaban J connectivity index is 1.75. The third-order valence-corrected chi connectivity index (χ3v) is 5.69. The summed E-state index contributed by atoms with van der Waals surface area (Å²) in [4.78, 5) is 20.7. The van der Waals surface area contributed by atoms with Crippen molar-refractivity contribution >= 4 is 44.3 Å². The number of halogens is 1. The molecule has 146 valence electrons. The minimum absolute atomic E-state index is 0.00335. The molecule has 0 atom stereocenters. The molecule has 4 rings (SSSR count). The monoisotopic (exact) mass is 424 g/mol. The molecule has 7 heteroatoms. The predicted octanol–water partition coefficient (Wildman–Crippen LogP) is 5.41. The summed E-state index contributed by atoms with van der Waals surface area (Å²) in [7, 11) is 1.48. The number of nitrogens with one attached hydrogen (secondary N) is 1. The highest BCUT2D eigenvalue weighted by molar-refractivity contribution is 7.17. The molecule has 29 heavy (non-hydrogen) atoms. The molecular formula is C22H17ClN2O3S. The van der Waals surface area contributed by atoms with Gasteiger partial charge in [0.25, 0.3) is 5.56 Å². The maximum atomic E-state index is 12.8. The zero-order valence-corrected chi connectivity index (χ0v) is 17.3. The Kier molecular flexibility index (Phi) is 5.13. The standard InChI is InChI=1S/C22H17ClN2O3S/c1-12-3-6-14(7-4-12)15-11-29-22-19(15)21(27)24-20(25-22)16(23)9-13-5-8-18(28-2)17(26)10-13/h3-11,26H,1-2H3,(H,24,25,27). The van der Waals surface area contributed by atoms with Crippen LogP contribution in [-0.4, -0.2) is 22.2 Å². The van der Waals surface area contributed by atoms with E-state index in [0.29, 0.717) is 21.5 Å². The van der Waals surface area contributed by atoms with E-state index in [1.54, 1.807) is 18.2 Å². The van der Waals surface area contributed by atoms with Gasteiger partial charge in [0, 0.05) is 10.9 Å². The molecule has 4 aromatic rings. The first-order valence-corrected chi connectivity index (χ1v) is 10.0. The number of hydrogen-bond acceptors (Lipinski definition) is 5. The average molecular weight is 425 g/mol.